The molecule has 0 spiro atoms. The smallest absolute Gasteiger partial charge is 0.259 e. The predicted molar refractivity (Wildman–Crippen MR) is 70.7 cm³/mol. The van der Waals surface area contributed by atoms with E-state index in [1.807, 2.05) is 0 Å². The molecule has 1 aromatic carbocycles. The summed E-state index contributed by atoms with van der Waals surface area (Å²) >= 11 is 3.14. The lowest BCUT2D eigenvalue weighted by molar-refractivity contribution is 0.102. The molecule has 3 N–H and O–H groups in total. The van der Waals surface area contributed by atoms with Gasteiger partial charge < -0.3 is 11.1 Å². The van der Waals surface area contributed by atoms with Crippen LogP contribution in [0.25, 0.3) is 0 Å². The molecule has 0 unspecified atom stereocenters. The maximum Gasteiger partial charge on any atom is 0.259 e. The average Bonchev–Trinajstić information content (AvgIpc) is 2.36. The first-order valence-electron chi connectivity index (χ1n) is 5.15. The zero-order valence-electron chi connectivity index (χ0n) is 9.45. The summed E-state index contributed by atoms with van der Waals surface area (Å²) in [4.78, 5) is 15.7. The van der Waals surface area contributed by atoms with Crippen LogP contribution in [0.1, 0.15) is 10.4 Å². The van der Waals surface area contributed by atoms with Crippen LogP contribution in [0.3, 0.4) is 0 Å². The third-order valence-corrected chi connectivity index (χ3v) is 2.74. The van der Waals surface area contributed by atoms with Crippen LogP contribution < -0.4 is 11.1 Å². The van der Waals surface area contributed by atoms with Crippen LogP contribution in [0.4, 0.5) is 20.3 Å². The molecular weight excluding hydrogens is 320 g/mol. The maximum absolute atomic E-state index is 13.4. The first kappa shape index (κ1) is 13.4. The molecule has 19 heavy (non-hydrogen) atoms. The van der Waals surface area contributed by atoms with E-state index in [-0.39, 0.29) is 17.1 Å². The Kier molecular flexibility index (Phi) is 3.75. The molecule has 0 saturated heterocycles. The number of pyridine rings is 1. The number of carbonyl (C=O) groups excluding carboxylic acids is 1. The fraction of sp³-hybridized carbons (Fsp3) is 0. The molecule has 0 bridgehead atoms. The summed E-state index contributed by atoms with van der Waals surface area (Å²) in [7, 11) is 0. The minimum absolute atomic E-state index is 0.00230. The van der Waals surface area contributed by atoms with Gasteiger partial charge in [0.1, 0.15) is 17.5 Å². The van der Waals surface area contributed by atoms with Gasteiger partial charge in [-0.1, -0.05) is 0 Å². The Morgan fingerprint density at radius 2 is 2.05 bits per heavy atom. The number of anilines is 2. The summed E-state index contributed by atoms with van der Waals surface area (Å²) in [6.45, 7) is 0. The highest BCUT2D eigenvalue weighted by molar-refractivity contribution is 9.10. The topological polar surface area (TPSA) is 68.0 Å². The Balaban J connectivity index is 2.30. The molecule has 0 fully saturated rings. The van der Waals surface area contributed by atoms with Crippen molar-refractivity contribution < 1.29 is 13.6 Å². The lowest BCUT2D eigenvalue weighted by atomic mass is 10.2. The standard InChI is InChI=1S/C12H8BrF2N3O/c13-6-3-8(11(16)17-5-6)12(19)18-10-4-7(14)1-2-9(10)15/h1-5H,(H2,16,17)(H,18,19). The Morgan fingerprint density at radius 3 is 2.79 bits per heavy atom. The van der Waals surface area contributed by atoms with Crippen molar-refractivity contribution in [3.05, 3.63) is 52.1 Å². The van der Waals surface area contributed by atoms with Gasteiger partial charge in [-0.15, -0.1) is 0 Å². The van der Waals surface area contributed by atoms with Crippen molar-refractivity contribution in [2.24, 2.45) is 0 Å². The molecule has 98 valence electrons. The zero-order chi connectivity index (χ0) is 14.0. The fourth-order valence-corrected chi connectivity index (χ4v) is 1.75. The monoisotopic (exact) mass is 327 g/mol. The molecule has 0 radical (unpaired) electrons. The Labute approximate surface area is 115 Å². The van der Waals surface area contributed by atoms with Crippen molar-refractivity contribution in [1.82, 2.24) is 4.98 Å². The van der Waals surface area contributed by atoms with Crippen LogP contribution in [0.2, 0.25) is 0 Å². The highest BCUT2D eigenvalue weighted by Gasteiger charge is 2.14. The van der Waals surface area contributed by atoms with Crippen LogP contribution in [0, 0.1) is 11.6 Å². The number of nitrogens with zero attached hydrogens (tertiary/aromatic N) is 1. The Hall–Kier alpha value is -2.02. The molecule has 0 atom stereocenters. The van der Waals surface area contributed by atoms with Crippen molar-refractivity contribution in [3.63, 3.8) is 0 Å². The van der Waals surface area contributed by atoms with E-state index in [0.29, 0.717) is 4.47 Å². The molecular formula is C12H8BrF2N3O. The predicted octanol–water partition coefficient (Wildman–Crippen LogP) is 2.96. The number of carbonyl (C=O) groups is 1. The van der Waals surface area contributed by atoms with Gasteiger partial charge in [0.15, 0.2) is 0 Å². The van der Waals surface area contributed by atoms with Crippen molar-refractivity contribution >= 4 is 33.3 Å². The zero-order valence-corrected chi connectivity index (χ0v) is 11.0. The number of benzene rings is 1. The molecule has 0 saturated carbocycles. The fourth-order valence-electron chi connectivity index (χ4n) is 1.41. The summed E-state index contributed by atoms with van der Waals surface area (Å²) in [5, 5.41) is 2.24. The van der Waals surface area contributed by atoms with Gasteiger partial charge in [-0.25, -0.2) is 13.8 Å². The van der Waals surface area contributed by atoms with Crippen LogP contribution in [-0.2, 0) is 0 Å². The van der Waals surface area contributed by atoms with Gasteiger partial charge in [0.05, 0.1) is 11.3 Å². The van der Waals surface area contributed by atoms with Crippen LogP contribution >= 0.6 is 15.9 Å². The molecule has 1 amide bonds. The van der Waals surface area contributed by atoms with E-state index in [1.165, 1.54) is 12.3 Å². The van der Waals surface area contributed by atoms with Gasteiger partial charge >= 0.3 is 0 Å². The molecule has 1 heterocycles. The number of nitrogens with two attached hydrogens (primary N) is 1. The number of hydrogen-bond acceptors (Lipinski definition) is 3. The first-order valence-corrected chi connectivity index (χ1v) is 5.94. The Morgan fingerprint density at radius 1 is 1.32 bits per heavy atom. The van der Waals surface area contributed by atoms with Crippen LogP contribution in [-0.4, -0.2) is 10.9 Å². The second-order valence-electron chi connectivity index (χ2n) is 3.66. The maximum atomic E-state index is 13.4. The van der Waals surface area contributed by atoms with Crippen molar-refractivity contribution in [3.8, 4) is 0 Å². The van der Waals surface area contributed by atoms with E-state index < -0.39 is 17.5 Å². The number of hydrogen-bond donors (Lipinski definition) is 2. The molecule has 0 aliphatic rings. The van der Waals surface area contributed by atoms with Crippen LogP contribution in [0.5, 0.6) is 0 Å². The minimum Gasteiger partial charge on any atom is -0.383 e. The van der Waals surface area contributed by atoms with Gasteiger partial charge in [0.2, 0.25) is 0 Å². The third kappa shape index (κ3) is 3.05. The molecule has 0 aliphatic carbocycles. The van der Waals surface area contributed by atoms with Gasteiger partial charge in [-0.05, 0) is 34.1 Å². The molecule has 0 aliphatic heterocycles. The number of nitrogens with one attached hydrogen (secondary N) is 1. The van der Waals surface area contributed by atoms with Crippen LogP contribution in [0.15, 0.2) is 34.9 Å². The average molecular weight is 328 g/mol. The van der Waals surface area contributed by atoms with Gasteiger partial charge in [0.25, 0.3) is 5.91 Å². The van der Waals surface area contributed by atoms with Gasteiger partial charge in [-0.2, -0.15) is 0 Å². The summed E-state index contributed by atoms with van der Waals surface area (Å²) in [5.74, 6) is -2.07. The van der Waals surface area contributed by atoms with E-state index in [4.69, 9.17) is 5.73 Å². The first-order chi connectivity index (χ1) is 8.97. The third-order valence-electron chi connectivity index (χ3n) is 2.31. The summed E-state index contributed by atoms with van der Waals surface area (Å²) in [6, 6.07) is 4.21. The molecule has 2 aromatic rings. The van der Waals surface area contributed by atoms with Gasteiger partial charge in [-0.3, -0.25) is 4.79 Å². The minimum atomic E-state index is -0.740. The molecule has 1 aromatic heterocycles. The molecule has 2 rings (SSSR count). The number of rotatable bonds is 2. The summed E-state index contributed by atoms with van der Waals surface area (Å²) in [6.07, 6.45) is 1.43. The van der Waals surface area contributed by atoms with E-state index in [1.54, 1.807) is 0 Å². The summed E-state index contributed by atoms with van der Waals surface area (Å²) in [5.41, 5.74) is 5.36. The number of amides is 1. The van der Waals surface area contributed by atoms with E-state index in [9.17, 15) is 13.6 Å². The second kappa shape index (κ2) is 5.31. The number of aromatic nitrogens is 1. The molecule has 7 heteroatoms. The van der Waals surface area contributed by atoms with Crippen molar-refractivity contribution in [2.75, 3.05) is 11.1 Å². The second-order valence-corrected chi connectivity index (χ2v) is 4.58. The Bertz CT molecular complexity index is 649. The normalized spacial score (nSPS) is 10.3. The highest BCUT2D eigenvalue weighted by atomic mass is 79.9. The number of nitrogen functional groups attached to an aromatic ring is 1. The largest absolute Gasteiger partial charge is 0.383 e. The summed E-state index contributed by atoms with van der Waals surface area (Å²) < 4.78 is 26.9. The molecule has 4 nitrogen and oxygen atoms in total. The van der Waals surface area contributed by atoms with E-state index in [2.05, 4.69) is 26.2 Å². The number of halogens is 3. The quantitative estimate of drug-likeness (QED) is 0.891. The SMILES string of the molecule is Nc1ncc(Br)cc1C(=O)Nc1cc(F)ccc1F. The van der Waals surface area contributed by atoms with Crippen molar-refractivity contribution in [2.45, 2.75) is 0 Å². The van der Waals surface area contributed by atoms with Gasteiger partial charge in [0, 0.05) is 16.7 Å². The van der Waals surface area contributed by atoms with E-state index in [0.717, 1.165) is 18.2 Å². The lowest BCUT2D eigenvalue weighted by Gasteiger charge is -2.08. The van der Waals surface area contributed by atoms with E-state index >= 15 is 0 Å². The highest BCUT2D eigenvalue weighted by Crippen LogP contribution is 2.19. The lowest BCUT2D eigenvalue weighted by Crippen LogP contribution is -2.16. The van der Waals surface area contributed by atoms with Crippen molar-refractivity contribution in [1.29, 1.82) is 0 Å².